The second kappa shape index (κ2) is 4.65. The Labute approximate surface area is 102 Å². The minimum Gasteiger partial charge on any atom is -0.491 e. The van der Waals surface area contributed by atoms with E-state index in [1.54, 1.807) is 0 Å². The average molecular weight is 234 g/mol. The Morgan fingerprint density at radius 2 is 2.24 bits per heavy atom. The summed E-state index contributed by atoms with van der Waals surface area (Å²) < 4.78 is 5.64. The van der Waals surface area contributed by atoms with Crippen LogP contribution in [0.3, 0.4) is 0 Å². The molecular formula is C13H18N2O2. The molecule has 4 nitrogen and oxygen atoms in total. The first-order valence-electron chi connectivity index (χ1n) is 5.94. The third-order valence-electron chi connectivity index (χ3n) is 3.05. The molecule has 0 aromatic heterocycles. The van der Waals surface area contributed by atoms with Crippen LogP contribution in [0.2, 0.25) is 0 Å². The highest BCUT2D eigenvalue weighted by molar-refractivity contribution is 6.04. The fraction of sp³-hybridized carbons (Fsp3) is 0.462. The van der Waals surface area contributed by atoms with Crippen molar-refractivity contribution in [2.45, 2.75) is 26.3 Å². The Kier molecular flexibility index (Phi) is 3.22. The number of carbonyl (C=O) groups is 1. The Balaban J connectivity index is 2.37. The van der Waals surface area contributed by atoms with E-state index in [9.17, 15) is 4.79 Å². The van der Waals surface area contributed by atoms with Crippen LogP contribution in [0, 0.1) is 0 Å². The van der Waals surface area contributed by atoms with Crippen LogP contribution in [-0.2, 0) is 4.79 Å². The van der Waals surface area contributed by atoms with E-state index >= 15 is 0 Å². The molecule has 17 heavy (non-hydrogen) atoms. The number of likely N-dealkylation sites (N-methyl/N-ethyl adjacent to an activating group) is 1. The summed E-state index contributed by atoms with van der Waals surface area (Å²) in [4.78, 5) is 13.8. The minimum atomic E-state index is -0.149. The third-order valence-corrected chi connectivity index (χ3v) is 3.05. The number of rotatable bonds is 3. The molecule has 1 aliphatic heterocycles. The van der Waals surface area contributed by atoms with Gasteiger partial charge in [0.05, 0.1) is 12.3 Å². The number of anilines is 2. The van der Waals surface area contributed by atoms with Crippen molar-refractivity contribution in [2.24, 2.45) is 0 Å². The summed E-state index contributed by atoms with van der Waals surface area (Å²) in [7, 11) is 1.92. The van der Waals surface area contributed by atoms with E-state index in [-0.39, 0.29) is 11.9 Å². The molecule has 1 heterocycles. The SMILES string of the molecule is CCCOc1cccc2c1NC(=O)C(C)N2C. The van der Waals surface area contributed by atoms with Crippen molar-refractivity contribution in [3.05, 3.63) is 18.2 Å². The lowest BCUT2D eigenvalue weighted by molar-refractivity contribution is -0.117. The van der Waals surface area contributed by atoms with Crippen molar-refractivity contribution < 1.29 is 9.53 Å². The van der Waals surface area contributed by atoms with E-state index in [2.05, 4.69) is 12.2 Å². The molecule has 2 rings (SSSR count). The molecule has 0 radical (unpaired) electrons. The molecule has 1 aromatic rings. The molecule has 1 unspecified atom stereocenters. The van der Waals surface area contributed by atoms with Gasteiger partial charge in [-0.25, -0.2) is 0 Å². The van der Waals surface area contributed by atoms with E-state index in [1.807, 2.05) is 37.1 Å². The highest BCUT2D eigenvalue weighted by Crippen LogP contribution is 2.38. The molecular weight excluding hydrogens is 216 g/mol. The Morgan fingerprint density at radius 3 is 2.94 bits per heavy atom. The number of para-hydroxylation sites is 1. The molecule has 1 atom stereocenters. The van der Waals surface area contributed by atoms with Crippen LogP contribution in [-0.4, -0.2) is 25.6 Å². The number of ether oxygens (including phenoxy) is 1. The van der Waals surface area contributed by atoms with E-state index in [1.165, 1.54) is 0 Å². The van der Waals surface area contributed by atoms with Crippen LogP contribution >= 0.6 is 0 Å². The molecule has 92 valence electrons. The minimum absolute atomic E-state index is 0.00699. The molecule has 0 saturated heterocycles. The lowest BCUT2D eigenvalue weighted by Gasteiger charge is -2.33. The molecule has 1 N–H and O–H groups in total. The van der Waals surface area contributed by atoms with Gasteiger partial charge in [-0.3, -0.25) is 4.79 Å². The molecule has 1 amide bonds. The summed E-state index contributed by atoms with van der Waals surface area (Å²) in [6.07, 6.45) is 0.948. The van der Waals surface area contributed by atoms with Gasteiger partial charge in [0.15, 0.2) is 0 Å². The molecule has 0 aliphatic carbocycles. The fourth-order valence-corrected chi connectivity index (χ4v) is 1.88. The zero-order valence-electron chi connectivity index (χ0n) is 10.5. The van der Waals surface area contributed by atoms with Crippen molar-refractivity contribution in [2.75, 3.05) is 23.9 Å². The van der Waals surface area contributed by atoms with Gasteiger partial charge in [0.2, 0.25) is 5.91 Å². The Morgan fingerprint density at radius 1 is 1.47 bits per heavy atom. The summed E-state index contributed by atoms with van der Waals surface area (Å²) in [6.45, 7) is 4.60. The number of benzene rings is 1. The average Bonchev–Trinajstić information content (AvgIpc) is 2.34. The lowest BCUT2D eigenvalue weighted by Crippen LogP contribution is -2.43. The maximum atomic E-state index is 11.8. The van der Waals surface area contributed by atoms with Gasteiger partial charge in [-0.2, -0.15) is 0 Å². The molecule has 1 aromatic carbocycles. The molecule has 0 saturated carbocycles. The summed E-state index contributed by atoms with van der Waals surface area (Å²) in [5, 5.41) is 2.91. The largest absolute Gasteiger partial charge is 0.491 e. The number of carbonyl (C=O) groups excluding carboxylic acids is 1. The van der Waals surface area contributed by atoms with Crippen molar-refractivity contribution >= 4 is 17.3 Å². The van der Waals surface area contributed by atoms with Gasteiger partial charge < -0.3 is 15.0 Å². The van der Waals surface area contributed by atoms with Gasteiger partial charge in [-0.05, 0) is 25.5 Å². The van der Waals surface area contributed by atoms with E-state index in [0.29, 0.717) is 6.61 Å². The van der Waals surface area contributed by atoms with Crippen molar-refractivity contribution in [1.82, 2.24) is 0 Å². The monoisotopic (exact) mass is 234 g/mol. The van der Waals surface area contributed by atoms with Crippen molar-refractivity contribution in [3.63, 3.8) is 0 Å². The summed E-state index contributed by atoms with van der Waals surface area (Å²) >= 11 is 0. The maximum Gasteiger partial charge on any atom is 0.246 e. The predicted molar refractivity (Wildman–Crippen MR) is 68.7 cm³/mol. The van der Waals surface area contributed by atoms with Crippen LogP contribution in [0.15, 0.2) is 18.2 Å². The van der Waals surface area contributed by atoms with Crippen LogP contribution in [0.4, 0.5) is 11.4 Å². The van der Waals surface area contributed by atoms with Gasteiger partial charge in [-0.1, -0.05) is 13.0 Å². The quantitative estimate of drug-likeness (QED) is 0.872. The van der Waals surface area contributed by atoms with Gasteiger partial charge in [0.1, 0.15) is 17.5 Å². The second-order valence-corrected chi connectivity index (χ2v) is 4.27. The van der Waals surface area contributed by atoms with E-state index in [4.69, 9.17) is 4.74 Å². The second-order valence-electron chi connectivity index (χ2n) is 4.27. The van der Waals surface area contributed by atoms with E-state index in [0.717, 1.165) is 23.5 Å². The highest BCUT2D eigenvalue weighted by Gasteiger charge is 2.28. The Bertz CT molecular complexity index is 431. The highest BCUT2D eigenvalue weighted by atomic mass is 16.5. The van der Waals surface area contributed by atoms with Gasteiger partial charge in [0.25, 0.3) is 0 Å². The number of nitrogens with one attached hydrogen (secondary N) is 1. The van der Waals surface area contributed by atoms with Gasteiger partial charge in [0, 0.05) is 7.05 Å². The van der Waals surface area contributed by atoms with Crippen LogP contribution in [0.25, 0.3) is 0 Å². The first-order valence-corrected chi connectivity index (χ1v) is 5.94. The maximum absolute atomic E-state index is 11.8. The summed E-state index contributed by atoms with van der Waals surface area (Å²) in [5.41, 5.74) is 1.79. The van der Waals surface area contributed by atoms with Gasteiger partial charge in [-0.15, -0.1) is 0 Å². The number of fused-ring (bicyclic) bond motifs is 1. The lowest BCUT2D eigenvalue weighted by atomic mass is 10.1. The zero-order valence-corrected chi connectivity index (χ0v) is 10.5. The smallest absolute Gasteiger partial charge is 0.246 e. The van der Waals surface area contributed by atoms with E-state index < -0.39 is 0 Å². The third kappa shape index (κ3) is 2.07. The number of amides is 1. The van der Waals surface area contributed by atoms with Crippen LogP contribution in [0.5, 0.6) is 5.75 Å². The molecule has 4 heteroatoms. The van der Waals surface area contributed by atoms with Crippen LogP contribution in [0.1, 0.15) is 20.3 Å². The number of nitrogens with zero attached hydrogens (tertiary/aromatic N) is 1. The molecule has 1 aliphatic rings. The normalized spacial score (nSPS) is 18.6. The number of hydrogen-bond donors (Lipinski definition) is 1. The Hall–Kier alpha value is -1.71. The molecule has 0 spiro atoms. The van der Waals surface area contributed by atoms with Crippen molar-refractivity contribution in [3.8, 4) is 5.75 Å². The zero-order chi connectivity index (χ0) is 12.4. The van der Waals surface area contributed by atoms with Crippen LogP contribution < -0.4 is 15.0 Å². The summed E-state index contributed by atoms with van der Waals surface area (Å²) in [6, 6.07) is 5.68. The molecule has 0 bridgehead atoms. The first kappa shape index (κ1) is 11.8. The number of hydrogen-bond acceptors (Lipinski definition) is 3. The topological polar surface area (TPSA) is 41.6 Å². The summed E-state index contributed by atoms with van der Waals surface area (Å²) in [5.74, 6) is 0.754. The first-order chi connectivity index (χ1) is 8.15. The molecule has 0 fully saturated rings. The predicted octanol–water partition coefficient (Wildman–Crippen LogP) is 2.25. The standard InChI is InChI=1S/C13H18N2O2/c1-4-8-17-11-7-5-6-10-12(11)14-13(16)9(2)15(10)3/h5-7,9H,4,8H2,1-3H3,(H,14,16). The van der Waals surface area contributed by atoms with Crippen molar-refractivity contribution in [1.29, 1.82) is 0 Å². The fourth-order valence-electron chi connectivity index (χ4n) is 1.88. The van der Waals surface area contributed by atoms with Gasteiger partial charge >= 0.3 is 0 Å².